The van der Waals surface area contributed by atoms with Crippen LogP contribution in [0.5, 0.6) is 0 Å². The maximum Gasteiger partial charge on any atom is 0.407 e. The molecule has 2 N–H and O–H groups in total. The molecule has 0 saturated heterocycles. The highest BCUT2D eigenvalue weighted by molar-refractivity contribution is 6.74. The van der Waals surface area contributed by atoms with E-state index < -0.39 is 20.5 Å². The fourth-order valence-corrected chi connectivity index (χ4v) is 3.09. The molecular weight excluding hydrogens is 302 g/mol. The molecule has 7 heteroatoms. The Balaban J connectivity index is 2.89. The number of amides is 1. The molecule has 0 aliphatic carbocycles. The van der Waals surface area contributed by atoms with Crippen LogP contribution in [0.2, 0.25) is 18.1 Å². The molecule has 6 nitrogen and oxygen atoms in total. The molecule has 1 heterocycles. The van der Waals surface area contributed by atoms with Crippen molar-refractivity contribution in [1.29, 1.82) is 0 Å². The predicted molar refractivity (Wildman–Crippen MR) is 87.6 cm³/mol. The number of methoxy groups -OCH3 is 1. The molecule has 0 bridgehead atoms. The summed E-state index contributed by atoms with van der Waals surface area (Å²) in [5, 5.41) is 19.4. The fourth-order valence-electron chi connectivity index (χ4n) is 2.07. The number of β-amino-alcohol motifs (C(OH)–C–C–N with tert-alkyl or cyclic N) is 1. The first-order valence-electron chi connectivity index (χ1n) is 7.50. The van der Waals surface area contributed by atoms with E-state index in [9.17, 15) is 15.0 Å². The lowest BCUT2D eigenvalue weighted by Gasteiger charge is -2.40. The number of aliphatic hydroxyl groups is 1. The Hall–Kier alpha value is -0.893. The predicted octanol–water partition coefficient (Wildman–Crippen LogP) is 2.30. The molecule has 22 heavy (non-hydrogen) atoms. The van der Waals surface area contributed by atoms with Gasteiger partial charge < -0.3 is 19.4 Å². The Morgan fingerprint density at radius 2 is 2.05 bits per heavy atom. The standard InChI is InChI=1S/C15H29NO5Si/c1-15(2,3)22(5,6)21-10-12-7-11(9-20-4)13(17)8-16(12)14(18)19/h7,12-13,17H,8-10H2,1-6H3,(H,18,19). The van der Waals surface area contributed by atoms with Gasteiger partial charge in [-0.25, -0.2) is 4.79 Å². The van der Waals surface area contributed by atoms with Crippen LogP contribution in [0.4, 0.5) is 4.79 Å². The van der Waals surface area contributed by atoms with E-state index >= 15 is 0 Å². The van der Waals surface area contributed by atoms with Crippen LogP contribution in [0.25, 0.3) is 0 Å². The van der Waals surface area contributed by atoms with Gasteiger partial charge in [0.15, 0.2) is 8.32 Å². The summed E-state index contributed by atoms with van der Waals surface area (Å²) in [7, 11) is -0.400. The average Bonchev–Trinajstić information content (AvgIpc) is 2.37. The molecule has 1 amide bonds. The Morgan fingerprint density at radius 3 is 2.50 bits per heavy atom. The zero-order chi connectivity index (χ0) is 17.1. The summed E-state index contributed by atoms with van der Waals surface area (Å²) in [4.78, 5) is 12.6. The zero-order valence-corrected chi connectivity index (χ0v) is 15.4. The summed E-state index contributed by atoms with van der Waals surface area (Å²) in [6, 6.07) is -0.389. The Kier molecular flexibility index (Phi) is 6.20. The molecule has 1 aliphatic heterocycles. The topological polar surface area (TPSA) is 79.2 Å². The van der Waals surface area contributed by atoms with E-state index in [1.165, 1.54) is 4.90 Å². The summed E-state index contributed by atoms with van der Waals surface area (Å²) in [6.07, 6.45) is -0.102. The van der Waals surface area contributed by atoms with Crippen molar-refractivity contribution in [2.24, 2.45) is 0 Å². The van der Waals surface area contributed by atoms with Gasteiger partial charge in [-0.3, -0.25) is 4.90 Å². The van der Waals surface area contributed by atoms with Crippen LogP contribution < -0.4 is 0 Å². The maximum absolute atomic E-state index is 11.4. The largest absolute Gasteiger partial charge is 0.465 e. The van der Waals surface area contributed by atoms with Crippen LogP contribution in [-0.4, -0.2) is 68.5 Å². The molecule has 0 spiro atoms. The molecule has 128 valence electrons. The van der Waals surface area contributed by atoms with E-state index in [4.69, 9.17) is 9.16 Å². The van der Waals surface area contributed by atoms with E-state index in [0.717, 1.165) is 0 Å². The molecule has 2 unspecified atom stereocenters. The van der Waals surface area contributed by atoms with Gasteiger partial charge in [0.1, 0.15) is 0 Å². The number of hydrogen-bond acceptors (Lipinski definition) is 4. The molecule has 0 radical (unpaired) electrons. The van der Waals surface area contributed by atoms with Crippen molar-refractivity contribution in [3.05, 3.63) is 11.6 Å². The molecule has 0 aromatic heterocycles. The van der Waals surface area contributed by atoms with Crippen LogP contribution in [-0.2, 0) is 9.16 Å². The van der Waals surface area contributed by atoms with Gasteiger partial charge in [0, 0.05) is 7.11 Å². The second-order valence-corrected chi connectivity index (χ2v) is 12.1. The van der Waals surface area contributed by atoms with Crippen LogP contribution in [0.3, 0.4) is 0 Å². The zero-order valence-electron chi connectivity index (χ0n) is 14.4. The van der Waals surface area contributed by atoms with Crippen molar-refractivity contribution >= 4 is 14.4 Å². The Labute approximate surface area is 133 Å². The number of aliphatic hydroxyl groups excluding tert-OH is 1. The molecule has 1 aliphatic rings. The second-order valence-electron chi connectivity index (χ2n) is 7.26. The van der Waals surface area contributed by atoms with Crippen molar-refractivity contribution in [3.8, 4) is 0 Å². The van der Waals surface area contributed by atoms with Crippen molar-refractivity contribution in [1.82, 2.24) is 4.90 Å². The van der Waals surface area contributed by atoms with Gasteiger partial charge in [0.2, 0.25) is 0 Å². The molecule has 0 saturated carbocycles. The lowest BCUT2D eigenvalue weighted by molar-refractivity contribution is 0.0650. The van der Waals surface area contributed by atoms with Crippen molar-refractivity contribution in [3.63, 3.8) is 0 Å². The number of nitrogens with zero attached hydrogens (tertiary/aromatic N) is 1. The highest BCUT2D eigenvalue weighted by atomic mass is 28.4. The average molecular weight is 331 g/mol. The van der Waals surface area contributed by atoms with Crippen LogP contribution in [0, 0.1) is 0 Å². The SMILES string of the molecule is COCC1=CC(CO[Si](C)(C)C(C)(C)C)N(C(=O)O)CC1O. The van der Waals surface area contributed by atoms with E-state index in [-0.39, 0.29) is 17.6 Å². The number of carboxylic acid groups (broad SMARTS) is 1. The fraction of sp³-hybridized carbons (Fsp3) is 0.800. The third-order valence-electron chi connectivity index (χ3n) is 4.58. The third kappa shape index (κ3) is 4.55. The maximum atomic E-state index is 11.4. The van der Waals surface area contributed by atoms with Gasteiger partial charge in [0.05, 0.1) is 31.9 Å². The van der Waals surface area contributed by atoms with Crippen molar-refractivity contribution in [2.45, 2.75) is 51.0 Å². The molecule has 0 aromatic rings. The highest BCUT2D eigenvalue weighted by Gasteiger charge is 2.39. The van der Waals surface area contributed by atoms with E-state index in [1.54, 1.807) is 13.2 Å². The van der Waals surface area contributed by atoms with Gasteiger partial charge in [-0.15, -0.1) is 0 Å². The van der Waals surface area contributed by atoms with Crippen LogP contribution in [0.15, 0.2) is 11.6 Å². The van der Waals surface area contributed by atoms with Crippen LogP contribution in [0.1, 0.15) is 20.8 Å². The molecule has 0 aromatic carbocycles. The number of carbonyl (C=O) groups is 1. The third-order valence-corrected chi connectivity index (χ3v) is 9.08. The summed E-state index contributed by atoms with van der Waals surface area (Å²) < 4.78 is 11.2. The molecule has 1 rings (SSSR count). The van der Waals surface area contributed by atoms with Gasteiger partial charge in [-0.2, -0.15) is 0 Å². The first-order chi connectivity index (χ1) is 9.99. The van der Waals surface area contributed by atoms with E-state index in [1.807, 2.05) is 0 Å². The second kappa shape index (κ2) is 7.12. The number of rotatable bonds is 5. The van der Waals surface area contributed by atoms with Crippen molar-refractivity contribution < 1.29 is 24.2 Å². The summed E-state index contributed by atoms with van der Waals surface area (Å²) in [5.41, 5.74) is 0.712. The first kappa shape index (κ1) is 19.2. The quantitative estimate of drug-likeness (QED) is 0.597. The smallest absolute Gasteiger partial charge is 0.407 e. The van der Waals surface area contributed by atoms with Crippen LogP contribution >= 0.6 is 0 Å². The Morgan fingerprint density at radius 1 is 1.45 bits per heavy atom. The van der Waals surface area contributed by atoms with Gasteiger partial charge in [0.25, 0.3) is 0 Å². The summed E-state index contributed by atoms with van der Waals surface area (Å²) in [5.74, 6) is 0. The highest BCUT2D eigenvalue weighted by Crippen LogP contribution is 2.37. The molecule has 0 fully saturated rings. The minimum Gasteiger partial charge on any atom is -0.465 e. The summed E-state index contributed by atoms with van der Waals surface area (Å²) in [6.45, 7) is 11.4. The van der Waals surface area contributed by atoms with E-state index in [0.29, 0.717) is 18.8 Å². The van der Waals surface area contributed by atoms with Gasteiger partial charge in [-0.1, -0.05) is 26.8 Å². The molecular formula is C15H29NO5Si. The van der Waals surface area contributed by atoms with Crippen molar-refractivity contribution in [2.75, 3.05) is 26.9 Å². The molecule has 2 atom stereocenters. The minimum atomic E-state index is -1.95. The number of ether oxygens (including phenoxy) is 1. The van der Waals surface area contributed by atoms with Gasteiger partial charge in [-0.05, 0) is 23.7 Å². The summed E-state index contributed by atoms with van der Waals surface area (Å²) >= 11 is 0. The lowest BCUT2D eigenvalue weighted by Crippen LogP contribution is -2.52. The number of hydrogen-bond donors (Lipinski definition) is 2. The van der Waals surface area contributed by atoms with E-state index in [2.05, 4.69) is 33.9 Å². The monoisotopic (exact) mass is 331 g/mol. The minimum absolute atomic E-state index is 0.0516. The normalized spacial score (nSPS) is 23.4. The Bertz CT molecular complexity index is 430. The lowest BCUT2D eigenvalue weighted by atomic mass is 10.0. The van der Waals surface area contributed by atoms with Gasteiger partial charge >= 0.3 is 6.09 Å². The first-order valence-corrected chi connectivity index (χ1v) is 10.4.